The maximum Gasteiger partial charge on any atom is 0.137 e. The lowest BCUT2D eigenvalue weighted by molar-refractivity contribution is 1.15. The van der Waals surface area contributed by atoms with E-state index in [1.54, 1.807) is 6.33 Å². The summed E-state index contributed by atoms with van der Waals surface area (Å²) in [7, 11) is 0. The Kier molecular flexibility index (Phi) is 2.72. The number of nitrogens with one attached hydrogen (secondary N) is 1. The monoisotopic (exact) mass is 214 g/mol. The van der Waals surface area contributed by atoms with E-state index in [2.05, 4.69) is 21.9 Å². The summed E-state index contributed by atoms with van der Waals surface area (Å²) in [5.41, 5.74) is 8.39. The molecule has 4 heteroatoms. The maximum atomic E-state index is 5.75. The summed E-state index contributed by atoms with van der Waals surface area (Å²) < 4.78 is 0. The van der Waals surface area contributed by atoms with Crippen molar-refractivity contribution in [3.63, 3.8) is 0 Å². The molecule has 1 aromatic heterocycles. The van der Waals surface area contributed by atoms with Crippen LogP contribution >= 0.6 is 0 Å². The van der Waals surface area contributed by atoms with Crippen molar-refractivity contribution in [3.05, 3.63) is 36.7 Å². The van der Waals surface area contributed by atoms with Gasteiger partial charge in [0.25, 0.3) is 0 Å². The van der Waals surface area contributed by atoms with Gasteiger partial charge in [-0.2, -0.15) is 0 Å². The number of nitrogens with zero attached hydrogens (tertiary/aromatic N) is 2. The Morgan fingerprint density at radius 3 is 3.00 bits per heavy atom. The Hall–Kier alpha value is -2.10. The topological polar surface area (TPSA) is 63.8 Å². The van der Waals surface area contributed by atoms with E-state index in [9.17, 15) is 0 Å². The van der Waals surface area contributed by atoms with Crippen molar-refractivity contribution in [3.8, 4) is 0 Å². The number of aromatic nitrogens is 2. The molecule has 16 heavy (non-hydrogen) atoms. The molecule has 0 spiro atoms. The second kappa shape index (κ2) is 4.18. The molecule has 82 valence electrons. The van der Waals surface area contributed by atoms with Crippen molar-refractivity contribution in [2.45, 2.75) is 6.92 Å². The van der Waals surface area contributed by atoms with E-state index in [-0.39, 0.29) is 0 Å². The molecule has 0 aliphatic rings. The molecule has 4 nitrogen and oxygen atoms in total. The van der Waals surface area contributed by atoms with Gasteiger partial charge < -0.3 is 11.1 Å². The first-order valence-corrected chi connectivity index (χ1v) is 5.05. The van der Waals surface area contributed by atoms with Gasteiger partial charge in [0, 0.05) is 17.6 Å². The van der Waals surface area contributed by atoms with Crippen LogP contribution in [0.25, 0.3) is 10.9 Å². The molecular formula is C12H14N4. The first-order chi connectivity index (χ1) is 7.66. The van der Waals surface area contributed by atoms with Crippen molar-refractivity contribution >= 4 is 22.4 Å². The Morgan fingerprint density at radius 1 is 1.44 bits per heavy atom. The molecule has 3 N–H and O–H groups in total. The summed E-state index contributed by atoms with van der Waals surface area (Å²) in [5, 5.41) is 4.14. The number of anilines is 2. The second-order valence-electron chi connectivity index (χ2n) is 3.81. The van der Waals surface area contributed by atoms with Gasteiger partial charge in [-0.05, 0) is 25.1 Å². The third-order valence-electron chi connectivity index (χ3n) is 2.22. The van der Waals surface area contributed by atoms with E-state index in [1.807, 2.05) is 25.1 Å². The van der Waals surface area contributed by atoms with Crippen LogP contribution in [-0.4, -0.2) is 16.5 Å². The standard InChI is InChI=1S/C12H14N4/c1-8(2)6-14-12-10-5-9(13)3-4-11(10)15-7-16-12/h3-5,7H,1,6,13H2,2H3,(H,14,15,16). The highest BCUT2D eigenvalue weighted by Crippen LogP contribution is 2.21. The predicted molar refractivity (Wildman–Crippen MR) is 67.3 cm³/mol. The van der Waals surface area contributed by atoms with Crippen molar-refractivity contribution < 1.29 is 0 Å². The molecule has 0 amide bonds. The van der Waals surface area contributed by atoms with E-state index >= 15 is 0 Å². The number of rotatable bonds is 3. The van der Waals surface area contributed by atoms with Crippen molar-refractivity contribution in [2.24, 2.45) is 0 Å². The largest absolute Gasteiger partial charge is 0.399 e. The highest BCUT2D eigenvalue weighted by atomic mass is 15.0. The van der Waals surface area contributed by atoms with Crippen LogP contribution < -0.4 is 11.1 Å². The van der Waals surface area contributed by atoms with Gasteiger partial charge in [-0.25, -0.2) is 9.97 Å². The van der Waals surface area contributed by atoms with E-state index < -0.39 is 0 Å². The van der Waals surface area contributed by atoms with Crippen LogP contribution in [0, 0.1) is 0 Å². The molecule has 0 radical (unpaired) electrons. The van der Waals surface area contributed by atoms with E-state index in [4.69, 9.17) is 5.73 Å². The lowest BCUT2D eigenvalue weighted by Gasteiger charge is -2.08. The second-order valence-corrected chi connectivity index (χ2v) is 3.81. The Labute approximate surface area is 94.2 Å². The lowest BCUT2D eigenvalue weighted by Crippen LogP contribution is -2.04. The van der Waals surface area contributed by atoms with Crippen LogP contribution in [0.15, 0.2) is 36.7 Å². The highest BCUT2D eigenvalue weighted by molar-refractivity contribution is 5.91. The third kappa shape index (κ3) is 2.11. The molecule has 0 fully saturated rings. The van der Waals surface area contributed by atoms with Crippen LogP contribution in [0.4, 0.5) is 11.5 Å². The van der Waals surface area contributed by atoms with Crippen LogP contribution in [0.2, 0.25) is 0 Å². The minimum absolute atomic E-state index is 0.695. The fourth-order valence-electron chi connectivity index (χ4n) is 1.45. The highest BCUT2D eigenvalue weighted by Gasteiger charge is 2.03. The molecule has 2 aromatic rings. The first kappa shape index (κ1) is 10.4. The van der Waals surface area contributed by atoms with Crippen LogP contribution in [0.3, 0.4) is 0 Å². The molecule has 2 rings (SSSR count). The zero-order chi connectivity index (χ0) is 11.5. The predicted octanol–water partition coefficient (Wildman–Crippen LogP) is 2.20. The van der Waals surface area contributed by atoms with Crippen LogP contribution in [0.5, 0.6) is 0 Å². The smallest absolute Gasteiger partial charge is 0.137 e. The van der Waals surface area contributed by atoms with Gasteiger partial charge in [0.1, 0.15) is 12.1 Å². The number of hydrogen-bond donors (Lipinski definition) is 2. The molecule has 1 aromatic carbocycles. The van der Waals surface area contributed by atoms with Crippen molar-refractivity contribution in [1.29, 1.82) is 0 Å². The molecule has 0 saturated heterocycles. The number of nitrogen functional groups attached to an aromatic ring is 1. The maximum absolute atomic E-state index is 5.75. The Bertz CT molecular complexity index is 534. The molecule has 0 bridgehead atoms. The molecule has 0 aliphatic carbocycles. The van der Waals surface area contributed by atoms with E-state index in [0.29, 0.717) is 12.2 Å². The number of benzene rings is 1. The van der Waals surface area contributed by atoms with Crippen LogP contribution in [0.1, 0.15) is 6.92 Å². The van der Waals surface area contributed by atoms with Gasteiger partial charge >= 0.3 is 0 Å². The van der Waals surface area contributed by atoms with Gasteiger partial charge in [-0.15, -0.1) is 0 Å². The fourth-order valence-corrected chi connectivity index (χ4v) is 1.45. The summed E-state index contributed by atoms with van der Waals surface area (Å²) in [5.74, 6) is 0.792. The van der Waals surface area contributed by atoms with E-state index in [1.165, 1.54) is 0 Å². The molecule has 0 saturated carbocycles. The first-order valence-electron chi connectivity index (χ1n) is 5.05. The Balaban J connectivity index is 2.43. The minimum atomic E-state index is 0.695. The molecular weight excluding hydrogens is 200 g/mol. The lowest BCUT2D eigenvalue weighted by atomic mass is 10.2. The average molecular weight is 214 g/mol. The summed E-state index contributed by atoms with van der Waals surface area (Å²) in [4.78, 5) is 8.38. The number of hydrogen-bond acceptors (Lipinski definition) is 4. The molecule has 0 unspecified atom stereocenters. The van der Waals surface area contributed by atoms with Crippen molar-refractivity contribution in [1.82, 2.24) is 9.97 Å². The molecule has 1 heterocycles. The third-order valence-corrected chi connectivity index (χ3v) is 2.22. The van der Waals surface area contributed by atoms with Crippen LogP contribution in [-0.2, 0) is 0 Å². The van der Waals surface area contributed by atoms with E-state index in [0.717, 1.165) is 22.3 Å². The normalized spacial score (nSPS) is 10.3. The summed E-state index contributed by atoms with van der Waals surface area (Å²) in [6.45, 7) is 6.50. The van der Waals surface area contributed by atoms with Gasteiger partial charge in [-0.3, -0.25) is 0 Å². The van der Waals surface area contributed by atoms with Gasteiger partial charge in [0.2, 0.25) is 0 Å². The van der Waals surface area contributed by atoms with Gasteiger partial charge in [0.15, 0.2) is 0 Å². The number of nitrogens with two attached hydrogens (primary N) is 1. The summed E-state index contributed by atoms with van der Waals surface area (Å²) >= 11 is 0. The summed E-state index contributed by atoms with van der Waals surface area (Å²) in [6.07, 6.45) is 1.54. The minimum Gasteiger partial charge on any atom is -0.399 e. The van der Waals surface area contributed by atoms with Gasteiger partial charge in [-0.1, -0.05) is 12.2 Å². The van der Waals surface area contributed by atoms with Gasteiger partial charge in [0.05, 0.1) is 5.52 Å². The number of fused-ring (bicyclic) bond motifs is 1. The summed E-state index contributed by atoms with van der Waals surface area (Å²) in [6, 6.07) is 5.59. The van der Waals surface area contributed by atoms with Crippen molar-refractivity contribution in [2.75, 3.05) is 17.6 Å². The zero-order valence-electron chi connectivity index (χ0n) is 9.20. The average Bonchev–Trinajstić information content (AvgIpc) is 2.26. The SMILES string of the molecule is C=C(C)CNc1ncnc2ccc(N)cc12. The molecule has 0 aliphatic heterocycles. The zero-order valence-corrected chi connectivity index (χ0v) is 9.20. The fraction of sp³-hybridized carbons (Fsp3) is 0.167. The Morgan fingerprint density at radius 2 is 2.25 bits per heavy atom. The molecule has 0 atom stereocenters. The quantitative estimate of drug-likeness (QED) is 0.607.